The molecular weight excluding hydrogens is 306 g/mol. The largest absolute Gasteiger partial charge is 0.347 e. The van der Waals surface area contributed by atoms with E-state index in [0.29, 0.717) is 17.0 Å². The molecule has 0 aliphatic heterocycles. The summed E-state index contributed by atoms with van der Waals surface area (Å²) in [6, 6.07) is 9.68. The highest BCUT2D eigenvalue weighted by Crippen LogP contribution is 2.21. The Labute approximate surface area is 133 Å². The van der Waals surface area contributed by atoms with Gasteiger partial charge in [-0.1, -0.05) is 67.5 Å². The van der Waals surface area contributed by atoms with Crippen molar-refractivity contribution >= 4 is 29.3 Å². The zero-order chi connectivity index (χ0) is 15.2. The van der Waals surface area contributed by atoms with E-state index in [9.17, 15) is 4.79 Å². The molecule has 2 aromatic rings. The molecule has 2 rings (SSSR count). The van der Waals surface area contributed by atoms with Crippen LogP contribution in [0.4, 0.5) is 0 Å². The quantitative estimate of drug-likeness (QED) is 0.676. The predicted molar refractivity (Wildman–Crippen MR) is 85.6 cm³/mol. The molecule has 0 atom stereocenters. The van der Waals surface area contributed by atoms with Crippen LogP contribution in [0.25, 0.3) is 0 Å². The Morgan fingerprint density at radius 2 is 2.05 bits per heavy atom. The van der Waals surface area contributed by atoms with Gasteiger partial charge < -0.3 is 5.32 Å². The lowest BCUT2D eigenvalue weighted by atomic mass is 10.2. The van der Waals surface area contributed by atoms with Crippen LogP contribution in [-0.2, 0) is 6.54 Å². The summed E-state index contributed by atoms with van der Waals surface area (Å²) in [5, 5.41) is 3.97. The average molecular weight is 322 g/mol. The number of carbonyl (C=O) groups excluding carboxylic acids is 1. The number of nitrogens with zero attached hydrogens (tertiary/aromatic N) is 2. The molecule has 0 saturated carbocycles. The SMILES string of the molecule is CC(C)Sc1ncc(Cl)c(C(=O)NCc2ccccc2)n1. The molecule has 6 heteroatoms. The number of halogens is 1. The van der Waals surface area contributed by atoms with Gasteiger partial charge in [0.2, 0.25) is 0 Å². The molecule has 4 nitrogen and oxygen atoms in total. The summed E-state index contributed by atoms with van der Waals surface area (Å²) in [5.74, 6) is -0.295. The Morgan fingerprint density at radius 3 is 2.71 bits per heavy atom. The van der Waals surface area contributed by atoms with Gasteiger partial charge in [0.1, 0.15) is 0 Å². The van der Waals surface area contributed by atoms with Crippen molar-refractivity contribution in [2.24, 2.45) is 0 Å². The van der Waals surface area contributed by atoms with Crippen molar-refractivity contribution in [1.82, 2.24) is 15.3 Å². The smallest absolute Gasteiger partial charge is 0.271 e. The topological polar surface area (TPSA) is 54.9 Å². The van der Waals surface area contributed by atoms with Crippen molar-refractivity contribution in [2.45, 2.75) is 30.8 Å². The summed E-state index contributed by atoms with van der Waals surface area (Å²) in [6.07, 6.45) is 1.47. The molecule has 21 heavy (non-hydrogen) atoms. The van der Waals surface area contributed by atoms with Gasteiger partial charge in [-0.3, -0.25) is 4.79 Å². The zero-order valence-electron chi connectivity index (χ0n) is 11.8. The molecule has 0 saturated heterocycles. The highest BCUT2D eigenvalue weighted by atomic mass is 35.5. The van der Waals surface area contributed by atoms with Gasteiger partial charge in [-0.05, 0) is 5.56 Å². The van der Waals surface area contributed by atoms with Crippen LogP contribution in [0.5, 0.6) is 0 Å². The average Bonchev–Trinajstić information content (AvgIpc) is 2.47. The third kappa shape index (κ3) is 4.72. The number of rotatable bonds is 5. The first-order valence-electron chi connectivity index (χ1n) is 6.57. The molecule has 1 aromatic heterocycles. The van der Waals surface area contributed by atoms with E-state index < -0.39 is 0 Å². The lowest BCUT2D eigenvalue weighted by molar-refractivity contribution is 0.0945. The van der Waals surface area contributed by atoms with Gasteiger partial charge in [-0.2, -0.15) is 0 Å². The van der Waals surface area contributed by atoms with Crippen LogP contribution in [0, 0.1) is 0 Å². The Morgan fingerprint density at radius 1 is 1.33 bits per heavy atom. The minimum absolute atomic E-state index is 0.214. The van der Waals surface area contributed by atoms with Crippen LogP contribution in [0.2, 0.25) is 5.02 Å². The van der Waals surface area contributed by atoms with Gasteiger partial charge in [0.25, 0.3) is 5.91 Å². The fraction of sp³-hybridized carbons (Fsp3) is 0.267. The molecule has 1 N–H and O–H groups in total. The number of thioether (sulfide) groups is 1. The van der Waals surface area contributed by atoms with Crippen molar-refractivity contribution in [2.75, 3.05) is 0 Å². The molecule has 0 bridgehead atoms. The van der Waals surface area contributed by atoms with E-state index in [1.807, 2.05) is 44.2 Å². The van der Waals surface area contributed by atoms with Gasteiger partial charge in [0.15, 0.2) is 10.9 Å². The van der Waals surface area contributed by atoms with E-state index in [1.165, 1.54) is 18.0 Å². The second-order valence-corrected chi connectivity index (χ2v) is 6.63. The van der Waals surface area contributed by atoms with Crippen molar-refractivity contribution in [3.63, 3.8) is 0 Å². The lowest BCUT2D eigenvalue weighted by Crippen LogP contribution is -2.24. The summed E-state index contributed by atoms with van der Waals surface area (Å²) in [6.45, 7) is 4.52. The molecule has 1 heterocycles. The second kappa shape index (κ2) is 7.43. The molecule has 0 aliphatic carbocycles. The predicted octanol–water partition coefficient (Wildman–Crippen LogP) is 3.56. The molecule has 0 radical (unpaired) electrons. The van der Waals surface area contributed by atoms with Crippen LogP contribution in [0.3, 0.4) is 0 Å². The van der Waals surface area contributed by atoms with Crippen LogP contribution in [-0.4, -0.2) is 21.1 Å². The van der Waals surface area contributed by atoms with Crippen molar-refractivity contribution in [3.05, 3.63) is 52.8 Å². The van der Waals surface area contributed by atoms with Crippen LogP contribution >= 0.6 is 23.4 Å². The maximum atomic E-state index is 12.2. The highest BCUT2D eigenvalue weighted by molar-refractivity contribution is 7.99. The maximum Gasteiger partial charge on any atom is 0.271 e. The molecule has 1 amide bonds. The summed E-state index contributed by atoms with van der Waals surface area (Å²) in [4.78, 5) is 20.5. The summed E-state index contributed by atoms with van der Waals surface area (Å²) < 4.78 is 0. The maximum absolute atomic E-state index is 12.2. The first-order chi connectivity index (χ1) is 10.1. The van der Waals surface area contributed by atoms with Crippen LogP contribution in [0.15, 0.2) is 41.7 Å². The summed E-state index contributed by atoms with van der Waals surface area (Å²) in [5.41, 5.74) is 1.23. The van der Waals surface area contributed by atoms with E-state index in [4.69, 9.17) is 11.6 Å². The Bertz CT molecular complexity index is 620. The summed E-state index contributed by atoms with van der Waals surface area (Å²) in [7, 11) is 0. The van der Waals surface area contributed by atoms with E-state index in [2.05, 4.69) is 15.3 Å². The number of hydrogen-bond acceptors (Lipinski definition) is 4. The van der Waals surface area contributed by atoms with E-state index in [1.54, 1.807) is 0 Å². The van der Waals surface area contributed by atoms with Gasteiger partial charge in [-0.15, -0.1) is 0 Å². The monoisotopic (exact) mass is 321 g/mol. The first-order valence-corrected chi connectivity index (χ1v) is 7.83. The molecule has 0 unspecified atom stereocenters. The number of benzene rings is 1. The number of nitrogens with one attached hydrogen (secondary N) is 1. The second-order valence-electron chi connectivity index (χ2n) is 4.68. The number of amides is 1. The van der Waals surface area contributed by atoms with Crippen molar-refractivity contribution in [1.29, 1.82) is 0 Å². The Kier molecular flexibility index (Phi) is 5.59. The van der Waals surface area contributed by atoms with Crippen LogP contribution in [0.1, 0.15) is 29.9 Å². The number of aromatic nitrogens is 2. The van der Waals surface area contributed by atoms with Crippen molar-refractivity contribution < 1.29 is 4.79 Å². The molecule has 0 fully saturated rings. The fourth-order valence-electron chi connectivity index (χ4n) is 1.64. The van der Waals surface area contributed by atoms with Gasteiger partial charge in [0.05, 0.1) is 11.2 Å². The van der Waals surface area contributed by atoms with Gasteiger partial charge in [0, 0.05) is 11.8 Å². The molecular formula is C15H16ClN3OS. The normalized spacial score (nSPS) is 10.7. The Hall–Kier alpha value is -1.59. The molecule has 1 aromatic carbocycles. The first kappa shape index (κ1) is 15.8. The summed E-state index contributed by atoms with van der Waals surface area (Å²) >= 11 is 7.51. The van der Waals surface area contributed by atoms with E-state index in [-0.39, 0.29) is 16.6 Å². The third-order valence-corrected chi connectivity index (χ3v) is 3.73. The minimum atomic E-state index is -0.295. The minimum Gasteiger partial charge on any atom is -0.347 e. The molecule has 110 valence electrons. The van der Waals surface area contributed by atoms with E-state index >= 15 is 0 Å². The molecule has 0 spiro atoms. The zero-order valence-corrected chi connectivity index (χ0v) is 13.4. The van der Waals surface area contributed by atoms with Gasteiger partial charge >= 0.3 is 0 Å². The third-order valence-electron chi connectivity index (χ3n) is 2.57. The van der Waals surface area contributed by atoms with Crippen molar-refractivity contribution in [3.8, 4) is 0 Å². The highest BCUT2D eigenvalue weighted by Gasteiger charge is 2.14. The van der Waals surface area contributed by atoms with Gasteiger partial charge in [-0.25, -0.2) is 9.97 Å². The number of carbonyl (C=O) groups is 1. The molecule has 0 aliphatic rings. The lowest BCUT2D eigenvalue weighted by Gasteiger charge is -2.08. The fourth-order valence-corrected chi connectivity index (χ4v) is 2.50. The van der Waals surface area contributed by atoms with E-state index in [0.717, 1.165) is 5.56 Å². The standard InChI is InChI=1S/C15H16ClN3OS/c1-10(2)21-15-18-9-12(16)13(19-15)14(20)17-8-11-6-4-3-5-7-11/h3-7,9-10H,8H2,1-2H3,(H,17,20). The Balaban J connectivity index is 2.07. The van der Waals surface area contributed by atoms with Crippen LogP contribution < -0.4 is 5.32 Å². The number of hydrogen-bond donors (Lipinski definition) is 1.